The number of anilines is 2. The van der Waals surface area contributed by atoms with E-state index in [-0.39, 0.29) is 11.8 Å². The van der Waals surface area contributed by atoms with Crippen LogP contribution in [0.4, 0.5) is 11.6 Å². The van der Waals surface area contributed by atoms with Crippen LogP contribution in [0.3, 0.4) is 0 Å². The second kappa shape index (κ2) is 9.65. The molecular formula is C23H26N4O. The van der Waals surface area contributed by atoms with Crippen molar-refractivity contribution in [1.82, 2.24) is 10.2 Å². The maximum Gasteiger partial charge on any atom is 0.226 e. The Labute approximate surface area is 166 Å². The second-order valence-electron chi connectivity index (χ2n) is 6.58. The number of carbonyl (C=O) groups excluding carboxylic acids is 1. The molecule has 0 aliphatic rings. The minimum absolute atomic E-state index is 0.00898. The van der Waals surface area contributed by atoms with Crippen LogP contribution < -0.4 is 10.2 Å². The van der Waals surface area contributed by atoms with Crippen LogP contribution in [0.1, 0.15) is 37.3 Å². The standard InChI is InChI=1S/C23H26N4O/c1-3-27(4-2)22-16-15-21(25-26-22)24-23(28)17-20(18-11-7-5-8-12-18)19-13-9-6-10-14-19/h5-16,20H,3-4,17H2,1-2H3,(H,24,25,28). The summed E-state index contributed by atoms with van der Waals surface area (Å²) in [5.74, 6) is 1.20. The summed E-state index contributed by atoms with van der Waals surface area (Å²) in [5, 5.41) is 11.3. The lowest BCUT2D eigenvalue weighted by Crippen LogP contribution is -2.23. The third-order valence-electron chi connectivity index (χ3n) is 4.80. The van der Waals surface area contributed by atoms with E-state index in [0.29, 0.717) is 12.2 Å². The summed E-state index contributed by atoms with van der Waals surface area (Å²) in [4.78, 5) is 14.8. The molecule has 0 bridgehead atoms. The Balaban J connectivity index is 1.72. The molecule has 0 aliphatic heterocycles. The molecule has 0 saturated carbocycles. The smallest absolute Gasteiger partial charge is 0.226 e. The fraction of sp³-hybridized carbons (Fsp3) is 0.261. The van der Waals surface area contributed by atoms with Crippen molar-refractivity contribution in [2.75, 3.05) is 23.3 Å². The van der Waals surface area contributed by atoms with Gasteiger partial charge >= 0.3 is 0 Å². The lowest BCUT2D eigenvalue weighted by atomic mass is 9.88. The molecule has 0 spiro atoms. The first-order chi connectivity index (χ1) is 13.7. The molecule has 3 rings (SSSR count). The lowest BCUT2D eigenvalue weighted by Gasteiger charge is -2.19. The van der Waals surface area contributed by atoms with Gasteiger partial charge in [0.25, 0.3) is 0 Å². The van der Waals surface area contributed by atoms with Crippen molar-refractivity contribution in [3.05, 3.63) is 83.9 Å². The number of benzene rings is 2. The molecule has 0 saturated heterocycles. The van der Waals surface area contributed by atoms with E-state index in [0.717, 1.165) is 30.0 Å². The van der Waals surface area contributed by atoms with Crippen molar-refractivity contribution in [1.29, 1.82) is 0 Å². The van der Waals surface area contributed by atoms with Crippen molar-refractivity contribution in [3.8, 4) is 0 Å². The molecule has 1 amide bonds. The summed E-state index contributed by atoms with van der Waals surface area (Å²) in [6.45, 7) is 5.89. The summed E-state index contributed by atoms with van der Waals surface area (Å²) in [6.07, 6.45) is 0.341. The van der Waals surface area contributed by atoms with Crippen molar-refractivity contribution < 1.29 is 4.79 Å². The molecule has 0 aliphatic carbocycles. The predicted molar refractivity (Wildman–Crippen MR) is 114 cm³/mol. The molecule has 2 aromatic carbocycles. The first-order valence-electron chi connectivity index (χ1n) is 9.69. The van der Waals surface area contributed by atoms with Crippen LogP contribution >= 0.6 is 0 Å². The van der Waals surface area contributed by atoms with Gasteiger partial charge in [0.05, 0.1) is 0 Å². The van der Waals surface area contributed by atoms with Crippen LogP contribution in [0.15, 0.2) is 72.8 Å². The lowest BCUT2D eigenvalue weighted by molar-refractivity contribution is -0.116. The van der Waals surface area contributed by atoms with E-state index < -0.39 is 0 Å². The number of nitrogens with one attached hydrogen (secondary N) is 1. The van der Waals surface area contributed by atoms with E-state index in [9.17, 15) is 4.79 Å². The van der Waals surface area contributed by atoms with Gasteiger partial charge in [0, 0.05) is 25.4 Å². The average Bonchev–Trinajstić information content (AvgIpc) is 2.75. The fourth-order valence-electron chi connectivity index (χ4n) is 3.29. The maximum absolute atomic E-state index is 12.7. The van der Waals surface area contributed by atoms with Crippen molar-refractivity contribution in [2.24, 2.45) is 0 Å². The van der Waals surface area contributed by atoms with Crippen LogP contribution in [0.25, 0.3) is 0 Å². The first kappa shape index (κ1) is 19.5. The Morgan fingerprint density at radius 2 is 1.43 bits per heavy atom. The van der Waals surface area contributed by atoms with Crippen molar-refractivity contribution >= 4 is 17.5 Å². The third-order valence-corrected chi connectivity index (χ3v) is 4.80. The van der Waals surface area contributed by atoms with Crippen LogP contribution in [-0.2, 0) is 4.79 Å². The summed E-state index contributed by atoms with van der Waals surface area (Å²) in [5.41, 5.74) is 2.23. The first-order valence-corrected chi connectivity index (χ1v) is 9.69. The number of hydrogen-bond donors (Lipinski definition) is 1. The Morgan fingerprint density at radius 3 is 1.89 bits per heavy atom. The largest absolute Gasteiger partial charge is 0.356 e. The molecule has 1 aromatic heterocycles. The molecule has 144 valence electrons. The Bertz CT molecular complexity index is 823. The van der Waals surface area contributed by atoms with E-state index >= 15 is 0 Å². The van der Waals surface area contributed by atoms with E-state index in [1.165, 1.54) is 0 Å². The van der Waals surface area contributed by atoms with Gasteiger partial charge in [-0.2, -0.15) is 0 Å². The molecule has 1 N–H and O–H groups in total. The highest BCUT2D eigenvalue weighted by molar-refractivity contribution is 5.90. The SMILES string of the molecule is CCN(CC)c1ccc(NC(=O)CC(c2ccccc2)c2ccccc2)nn1. The Morgan fingerprint density at radius 1 is 0.857 bits per heavy atom. The fourth-order valence-corrected chi connectivity index (χ4v) is 3.29. The maximum atomic E-state index is 12.7. The van der Waals surface area contributed by atoms with Crippen LogP contribution in [-0.4, -0.2) is 29.2 Å². The number of amides is 1. The molecule has 0 unspecified atom stereocenters. The van der Waals surface area contributed by atoms with Gasteiger partial charge in [-0.05, 0) is 37.1 Å². The van der Waals surface area contributed by atoms with Gasteiger partial charge in [0.15, 0.2) is 11.6 Å². The summed E-state index contributed by atoms with van der Waals surface area (Å²) >= 11 is 0. The molecule has 3 aromatic rings. The highest BCUT2D eigenvalue weighted by Crippen LogP contribution is 2.28. The monoisotopic (exact) mass is 374 g/mol. The van der Waals surface area contributed by atoms with Gasteiger partial charge in [-0.25, -0.2) is 0 Å². The van der Waals surface area contributed by atoms with Crippen LogP contribution in [0.5, 0.6) is 0 Å². The Hall–Kier alpha value is -3.21. The highest BCUT2D eigenvalue weighted by atomic mass is 16.1. The minimum atomic E-state index is -0.0809. The number of aromatic nitrogens is 2. The van der Waals surface area contributed by atoms with Gasteiger partial charge in [-0.1, -0.05) is 60.7 Å². The summed E-state index contributed by atoms with van der Waals surface area (Å²) in [6, 6.07) is 23.9. The van der Waals surface area contributed by atoms with Crippen LogP contribution in [0, 0.1) is 0 Å². The zero-order chi connectivity index (χ0) is 19.8. The van der Waals surface area contributed by atoms with Gasteiger partial charge < -0.3 is 10.2 Å². The zero-order valence-electron chi connectivity index (χ0n) is 16.4. The molecular weight excluding hydrogens is 348 g/mol. The summed E-state index contributed by atoms with van der Waals surface area (Å²) in [7, 11) is 0. The average molecular weight is 374 g/mol. The van der Waals surface area contributed by atoms with Crippen LogP contribution in [0.2, 0.25) is 0 Å². The van der Waals surface area contributed by atoms with Crippen molar-refractivity contribution in [2.45, 2.75) is 26.2 Å². The number of hydrogen-bond acceptors (Lipinski definition) is 4. The van der Waals surface area contributed by atoms with E-state index in [4.69, 9.17) is 0 Å². The number of rotatable bonds is 8. The second-order valence-corrected chi connectivity index (χ2v) is 6.58. The van der Waals surface area contributed by atoms with E-state index in [1.54, 1.807) is 6.07 Å². The third kappa shape index (κ3) is 4.94. The molecule has 28 heavy (non-hydrogen) atoms. The zero-order valence-corrected chi connectivity index (χ0v) is 16.4. The number of nitrogens with zero attached hydrogens (tertiary/aromatic N) is 3. The molecule has 0 atom stereocenters. The normalized spacial score (nSPS) is 10.7. The van der Waals surface area contributed by atoms with Gasteiger partial charge in [0.2, 0.25) is 5.91 Å². The molecule has 0 fully saturated rings. The van der Waals surface area contributed by atoms with Gasteiger partial charge in [0.1, 0.15) is 0 Å². The Kier molecular flexibility index (Phi) is 6.73. The van der Waals surface area contributed by atoms with E-state index in [1.807, 2.05) is 42.5 Å². The molecule has 5 heteroatoms. The van der Waals surface area contributed by atoms with Crippen molar-refractivity contribution in [3.63, 3.8) is 0 Å². The minimum Gasteiger partial charge on any atom is -0.356 e. The highest BCUT2D eigenvalue weighted by Gasteiger charge is 2.18. The van der Waals surface area contributed by atoms with Gasteiger partial charge in [-0.3, -0.25) is 4.79 Å². The molecule has 1 heterocycles. The summed E-state index contributed by atoms with van der Waals surface area (Å²) < 4.78 is 0. The topological polar surface area (TPSA) is 58.1 Å². The predicted octanol–water partition coefficient (Wildman–Crippen LogP) is 4.48. The number of carbonyl (C=O) groups is 1. The molecule has 0 radical (unpaired) electrons. The quantitative estimate of drug-likeness (QED) is 0.631. The molecule has 5 nitrogen and oxygen atoms in total. The van der Waals surface area contributed by atoms with E-state index in [2.05, 4.69) is 58.5 Å². The van der Waals surface area contributed by atoms with Gasteiger partial charge in [-0.15, -0.1) is 10.2 Å².